The highest BCUT2D eigenvalue weighted by Crippen LogP contribution is 2.25. The molecule has 1 nitrogen and oxygen atoms in total. The summed E-state index contributed by atoms with van der Waals surface area (Å²) < 4.78 is 5.14. The van der Waals surface area contributed by atoms with E-state index in [4.69, 9.17) is 16.3 Å². The maximum absolute atomic E-state index is 5.91. The van der Waals surface area contributed by atoms with E-state index in [9.17, 15) is 0 Å². The van der Waals surface area contributed by atoms with E-state index in [1.807, 2.05) is 18.2 Å². The Morgan fingerprint density at radius 2 is 2.08 bits per heavy atom. The third-order valence-electron chi connectivity index (χ3n) is 1.86. The Morgan fingerprint density at radius 1 is 1.38 bits per heavy atom. The number of rotatable bonds is 3. The topological polar surface area (TPSA) is 9.23 Å². The second-order valence-corrected chi connectivity index (χ2v) is 3.97. The second-order valence-electron chi connectivity index (χ2n) is 3.57. The normalized spacial score (nSPS) is 10.5. The maximum atomic E-state index is 5.91. The van der Waals surface area contributed by atoms with Crippen LogP contribution in [-0.4, -0.2) is 7.11 Å². The van der Waals surface area contributed by atoms with E-state index >= 15 is 0 Å². The molecule has 0 aromatic heterocycles. The molecule has 1 rings (SSSR count). The van der Waals surface area contributed by atoms with E-state index in [-0.39, 0.29) is 0 Å². The van der Waals surface area contributed by atoms with Crippen molar-refractivity contribution in [2.45, 2.75) is 20.3 Å². The highest BCUT2D eigenvalue weighted by Gasteiger charge is 2.03. The molecule has 0 spiro atoms. The molecule has 0 unspecified atom stereocenters. The molecule has 0 fully saturated rings. The molecule has 72 valence electrons. The van der Waals surface area contributed by atoms with Gasteiger partial charge in [0.25, 0.3) is 0 Å². The average Bonchev–Trinajstić information content (AvgIpc) is 2.07. The van der Waals surface area contributed by atoms with Gasteiger partial charge in [0.15, 0.2) is 0 Å². The molecule has 1 aromatic carbocycles. The average molecular weight is 199 g/mol. The summed E-state index contributed by atoms with van der Waals surface area (Å²) in [5.41, 5.74) is 1.27. The van der Waals surface area contributed by atoms with Gasteiger partial charge in [0.1, 0.15) is 5.75 Å². The van der Waals surface area contributed by atoms with E-state index < -0.39 is 0 Å². The summed E-state index contributed by atoms with van der Waals surface area (Å²) in [7, 11) is 1.64. The quantitative estimate of drug-likeness (QED) is 0.722. The predicted molar refractivity (Wildman–Crippen MR) is 56.5 cm³/mol. The Balaban J connectivity index is 2.86. The van der Waals surface area contributed by atoms with Crippen LogP contribution < -0.4 is 4.74 Å². The van der Waals surface area contributed by atoms with Gasteiger partial charge in [0.2, 0.25) is 0 Å². The Morgan fingerprint density at radius 3 is 2.62 bits per heavy atom. The third-order valence-corrected chi connectivity index (χ3v) is 2.17. The minimum atomic E-state index is 0.658. The molecule has 0 aliphatic heterocycles. The number of halogens is 1. The summed E-state index contributed by atoms with van der Waals surface area (Å²) in [5, 5.41) is 0.676. The van der Waals surface area contributed by atoms with Crippen molar-refractivity contribution in [2.75, 3.05) is 7.11 Å². The lowest BCUT2D eigenvalue weighted by molar-refractivity contribution is 0.414. The number of methoxy groups -OCH3 is 1. The first kappa shape index (κ1) is 10.4. The molecule has 0 atom stereocenters. The lowest BCUT2D eigenvalue weighted by Crippen LogP contribution is -1.94. The van der Waals surface area contributed by atoms with Gasteiger partial charge in [0.05, 0.1) is 12.1 Å². The Hall–Kier alpha value is -0.690. The fourth-order valence-corrected chi connectivity index (χ4v) is 1.50. The zero-order valence-electron chi connectivity index (χ0n) is 8.30. The van der Waals surface area contributed by atoms with Crippen LogP contribution >= 0.6 is 11.6 Å². The van der Waals surface area contributed by atoms with Crippen molar-refractivity contribution < 1.29 is 4.74 Å². The molecule has 0 radical (unpaired) electrons. The first-order chi connectivity index (χ1) is 6.13. The van der Waals surface area contributed by atoms with Gasteiger partial charge in [-0.2, -0.15) is 0 Å². The van der Waals surface area contributed by atoms with Crippen molar-refractivity contribution in [2.24, 2.45) is 5.92 Å². The minimum absolute atomic E-state index is 0.658. The van der Waals surface area contributed by atoms with Crippen LogP contribution in [0.1, 0.15) is 19.4 Å². The second kappa shape index (κ2) is 4.52. The number of hydrogen-bond donors (Lipinski definition) is 0. The summed E-state index contributed by atoms with van der Waals surface area (Å²) in [6, 6.07) is 5.94. The van der Waals surface area contributed by atoms with Gasteiger partial charge in [-0.15, -0.1) is 0 Å². The van der Waals surface area contributed by atoms with Gasteiger partial charge in [-0.1, -0.05) is 31.5 Å². The van der Waals surface area contributed by atoms with E-state index in [0.717, 1.165) is 12.2 Å². The Kier molecular flexibility index (Phi) is 3.61. The zero-order chi connectivity index (χ0) is 9.84. The fourth-order valence-electron chi connectivity index (χ4n) is 1.30. The molecule has 13 heavy (non-hydrogen) atoms. The number of hydrogen-bond acceptors (Lipinski definition) is 1. The van der Waals surface area contributed by atoms with Crippen molar-refractivity contribution in [3.63, 3.8) is 0 Å². The minimum Gasteiger partial charge on any atom is -0.495 e. The molecule has 0 saturated carbocycles. The van der Waals surface area contributed by atoms with Crippen molar-refractivity contribution in [1.82, 2.24) is 0 Å². The summed E-state index contributed by atoms with van der Waals surface area (Å²) in [6.07, 6.45) is 1.06. The Bertz CT molecular complexity index is 281. The van der Waals surface area contributed by atoms with E-state index in [0.29, 0.717) is 10.9 Å². The molecule has 2 heteroatoms. The highest BCUT2D eigenvalue weighted by molar-refractivity contribution is 6.32. The zero-order valence-corrected chi connectivity index (χ0v) is 9.06. The van der Waals surface area contributed by atoms with Crippen LogP contribution in [0, 0.1) is 5.92 Å². The summed E-state index contributed by atoms with van der Waals surface area (Å²) >= 11 is 5.91. The van der Waals surface area contributed by atoms with Crippen LogP contribution in [0.15, 0.2) is 18.2 Å². The third kappa shape index (κ3) is 2.92. The molecule has 0 aliphatic carbocycles. The van der Waals surface area contributed by atoms with Crippen molar-refractivity contribution in [1.29, 1.82) is 0 Å². The standard InChI is InChI=1S/C11H15ClO/c1-8(2)6-9-4-5-10(12)11(7-9)13-3/h4-5,7-8H,6H2,1-3H3. The van der Waals surface area contributed by atoms with Crippen molar-refractivity contribution >= 4 is 11.6 Å². The number of benzene rings is 1. The molecular formula is C11H15ClO. The molecule has 0 saturated heterocycles. The summed E-state index contributed by atoms with van der Waals surface area (Å²) in [6.45, 7) is 4.39. The number of ether oxygens (including phenoxy) is 1. The Labute approximate surface area is 84.7 Å². The van der Waals surface area contributed by atoms with E-state index in [1.165, 1.54) is 5.56 Å². The molecule has 1 aromatic rings. The van der Waals surface area contributed by atoms with E-state index in [1.54, 1.807) is 7.11 Å². The lowest BCUT2D eigenvalue weighted by Gasteiger charge is -2.08. The van der Waals surface area contributed by atoms with Crippen LogP contribution in [0.25, 0.3) is 0 Å². The van der Waals surface area contributed by atoms with Gasteiger partial charge in [-0.05, 0) is 30.0 Å². The van der Waals surface area contributed by atoms with Crippen molar-refractivity contribution in [3.05, 3.63) is 28.8 Å². The van der Waals surface area contributed by atoms with Gasteiger partial charge < -0.3 is 4.74 Å². The van der Waals surface area contributed by atoms with Gasteiger partial charge >= 0.3 is 0 Å². The molecule has 0 bridgehead atoms. The smallest absolute Gasteiger partial charge is 0.137 e. The van der Waals surface area contributed by atoms with Crippen molar-refractivity contribution in [3.8, 4) is 5.75 Å². The molecule has 0 amide bonds. The van der Waals surface area contributed by atoms with Gasteiger partial charge in [-0.25, -0.2) is 0 Å². The summed E-state index contributed by atoms with van der Waals surface area (Å²) in [5.74, 6) is 1.42. The van der Waals surface area contributed by atoms with Crippen LogP contribution in [0.4, 0.5) is 0 Å². The summed E-state index contributed by atoms with van der Waals surface area (Å²) in [4.78, 5) is 0. The first-order valence-electron chi connectivity index (χ1n) is 4.46. The van der Waals surface area contributed by atoms with Crippen LogP contribution in [0.2, 0.25) is 5.02 Å². The van der Waals surface area contributed by atoms with Gasteiger partial charge in [-0.3, -0.25) is 0 Å². The predicted octanol–water partition coefficient (Wildman–Crippen LogP) is 3.55. The van der Waals surface area contributed by atoms with Crippen LogP contribution in [-0.2, 0) is 6.42 Å². The van der Waals surface area contributed by atoms with Crippen LogP contribution in [0.3, 0.4) is 0 Å². The fraction of sp³-hybridized carbons (Fsp3) is 0.455. The van der Waals surface area contributed by atoms with Crippen LogP contribution in [0.5, 0.6) is 5.75 Å². The molecule has 0 heterocycles. The lowest BCUT2D eigenvalue weighted by atomic mass is 10.0. The maximum Gasteiger partial charge on any atom is 0.137 e. The molecular weight excluding hydrogens is 184 g/mol. The van der Waals surface area contributed by atoms with E-state index in [2.05, 4.69) is 13.8 Å². The van der Waals surface area contributed by atoms with Gasteiger partial charge in [0, 0.05) is 0 Å². The molecule has 0 N–H and O–H groups in total. The first-order valence-corrected chi connectivity index (χ1v) is 4.83. The monoisotopic (exact) mass is 198 g/mol. The largest absolute Gasteiger partial charge is 0.495 e. The SMILES string of the molecule is COc1cc(CC(C)C)ccc1Cl. The highest BCUT2D eigenvalue weighted by atomic mass is 35.5. The molecule has 0 aliphatic rings.